The van der Waals surface area contributed by atoms with Crippen molar-refractivity contribution in [1.82, 2.24) is 10.6 Å². The van der Waals surface area contributed by atoms with Crippen molar-refractivity contribution in [2.75, 3.05) is 7.05 Å². The van der Waals surface area contributed by atoms with Crippen molar-refractivity contribution >= 4 is 17.8 Å². The minimum Gasteiger partial charge on any atom is -0.375 e. The van der Waals surface area contributed by atoms with Crippen molar-refractivity contribution in [3.63, 3.8) is 0 Å². The Hall–Kier alpha value is -0.700. The number of nitrogens with one attached hydrogen (secondary N) is 2. The number of rotatable bonds is 1. The Kier molecular flexibility index (Phi) is 5.54. The van der Waals surface area contributed by atoms with Gasteiger partial charge in [-0.3, -0.25) is 4.99 Å². The van der Waals surface area contributed by atoms with Gasteiger partial charge in [0.15, 0.2) is 5.62 Å². The number of aliphatic imine (C=N–C) groups is 1. The molecule has 4 heteroatoms. The summed E-state index contributed by atoms with van der Waals surface area (Å²) in [6.07, 6.45) is 1.75. The SMILES string of the molecule is CC.CNC1=C(C)C=NC(Cl)N1. The normalized spacial score (nSPS) is 20.9. The number of halogens is 1. The average molecular weight is 190 g/mol. The lowest BCUT2D eigenvalue weighted by atomic mass is 10.3. The van der Waals surface area contributed by atoms with Crippen LogP contribution in [-0.4, -0.2) is 18.9 Å². The monoisotopic (exact) mass is 189 g/mol. The zero-order valence-corrected chi connectivity index (χ0v) is 8.74. The number of allylic oxidation sites excluding steroid dienone is 1. The van der Waals surface area contributed by atoms with Gasteiger partial charge in [0.25, 0.3) is 0 Å². The van der Waals surface area contributed by atoms with E-state index in [-0.39, 0.29) is 5.62 Å². The molecule has 1 aliphatic rings. The van der Waals surface area contributed by atoms with E-state index in [1.165, 1.54) is 0 Å². The Morgan fingerprint density at radius 1 is 1.58 bits per heavy atom. The van der Waals surface area contributed by atoms with Gasteiger partial charge in [-0.05, 0) is 6.92 Å². The molecule has 0 saturated heterocycles. The second kappa shape index (κ2) is 5.89. The van der Waals surface area contributed by atoms with Gasteiger partial charge in [0.2, 0.25) is 0 Å². The Labute approximate surface area is 78.9 Å². The van der Waals surface area contributed by atoms with Crippen molar-refractivity contribution in [2.45, 2.75) is 26.4 Å². The van der Waals surface area contributed by atoms with Crippen LogP contribution in [0.3, 0.4) is 0 Å². The average Bonchev–Trinajstić information content (AvgIpc) is 2.13. The van der Waals surface area contributed by atoms with E-state index >= 15 is 0 Å². The summed E-state index contributed by atoms with van der Waals surface area (Å²) in [7, 11) is 1.84. The van der Waals surface area contributed by atoms with E-state index in [4.69, 9.17) is 11.6 Å². The van der Waals surface area contributed by atoms with Crippen LogP contribution >= 0.6 is 11.6 Å². The van der Waals surface area contributed by atoms with Crippen molar-refractivity contribution in [3.8, 4) is 0 Å². The molecule has 0 aromatic rings. The number of hydrogen-bond acceptors (Lipinski definition) is 3. The van der Waals surface area contributed by atoms with Gasteiger partial charge in [-0.15, -0.1) is 0 Å². The summed E-state index contributed by atoms with van der Waals surface area (Å²) in [5.41, 5.74) is 0.741. The molecule has 1 rings (SSSR count). The first-order chi connectivity index (χ1) is 5.74. The van der Waals surface area contributed by atoms with Gasteiger partial charge in [0.1, 0.15) is 5.82 Å². The maximum Gasteiger partial charge on any atom is 0.196 e. The largest absolute Gasteiger partial charge is 0.375 e. The number of alkyl halides is 1. The van der Waals surface area contributed by atoms with Crippen LogP contribution in [0, 0.1) is 0 Å². The molecule has 0 spiro atoms. The number of hydrogen-bond donors (Lipinski definition) is 2. The molecule has 0 bridgehead atoms. The molecule has 0 amide bonds. The molecule has 1 heterocycles. The first kappa shape index (κ1) is 11.3. The van der Waals surface area contributed by atoms with E-state index in [1.807, 2.05) is 27.8 Å². The first-order valence-corrected chi connectivity index (χ1v) is 4.50. The molecule has 12 heavy (non-hydrogen) atoms. The predicted octanol–water partition coefficient (Wildman–Crippen LogP) is 1.66. The quantitative estimate of drug-likeness (QED) is 0.486. The third kappa shape index (κ3) is 3.13. The second-order valence-electron chi connectivity index (χ2n) is 2.07. The van der Waals surface area contributed by atoms with E-state index in [0.29, 0.717) is 0 Å². The highest BCUT2D eigenvalue weighted by molar-refractivity contribution is 6.21. The van der Waals surface area contributed by atoms with Crippen molar-refractivity contribution < 1.29 is 0 Å². The van der Waals surface area contributed by atoms with Crippen LogP contribution in [0.5, 0.6) is 0 Å². The molecule has 0 radical (unpaired) electrons. The summed E-state index contributed by atoms with van der Waals surface area (Å²) in [5, 5.41) is 5.93. The third-order valence-electron chi connectivity index (χ3n) is 1.31. The molecule has 0 aromatic heterocycles. The fourth-order valence-electron chi connectivity index (χ4n) is 0.781. The lowest BCUT2D eigenvalue weighted by Crippen LogP contribution is -2.33. The summed E-state index contributed by atoms with van der Waals surface area (Å²) in [4.78, 5) is 3.94. The molecule has 0 aliphatic carbocycles. The molecular formula is C8H16ClN3. The van der Waals surface area contributed by atoms with Crippen LogP contribution in [0.2, 0.25) is 0 Å². The lowest BCUT2D eigenvalue weighted by molar-refractivity contribution is 0.689. The first-order valence-electron chi connectivity index (χ1n) is 4.06. The Bertz CT molecular complexity index is 187. The fourth-order valence-corrected chi connectivity index (χ4v) is 0.947. The molecule has 0 aromatic carbocycles. The van der Waals surface area contributed by atoms with Crippen LogP contribution in [0.15, 0.2) is 16.4 Å². The van der Waals surface area contributed by atoms with Crippen LogP contribution in [-0.2, 0) is 0 Å². The van der Waals surface area contributed by atoms with Gasteiger partial charge in [-0.2, -0.15) is 0 Å². The topological polar surface area (TPSA) is 36.4 Å². The summed E-state index contributed by atoms with van der Waals surface area (Å²) < 4.78 is 0. The Balaban J connectivity index is 0.000000561. The highest BCUT2D eigenvalue weighted by Gasteiger charge is 2.08. The van der Waals surface area contributed by atoms with E-state index in [9.17, 15) is 0 Å². The second-order valence-corrected chi connectivity index (χ2v) is 2.48. The van der Waals surface area contributed by atoms with E-state index in [0.717, 1.165) is 11.4 Å². The van der Waals surface area contributed by atoms with Crippen LogP contribution < -0.4 is 10.6 Å². The molecule has 70 valence electrons. The Morgan fingerprint density at radius 2 is 2.17 bits per heavy atom. The zero-order chi connectivity index (χ0) is 9.56. The highest BCUT2D eigenvalue weighted by Crippen LogP contribution is 2.05. The molecule has 0 saturated carbocycles. The number of nitrogens with zero attached hydrogens (tertiary/aromatic N) is 1. The summed E-state index contributed by atoms with van der Waals surface area (Å²) in [6, 6.07) is 0. The summed E-state index contributed by atoms with van der Waals surface area (Å²) in [6.45, 7) is 5.96. The van der Waals surface area contributed by atoms with Crippen LogP contribution in [0.25, 0.3) is 0 Å². The Morgan fingerprint density at radius 3 is 2.58 bits per heavy atom. The predicted molar refractivity (Wildman–Crippen MR) is 54.4 cm³/mol. The summed E-state index contributed by atoms with van der Waals surface area (Å²) in [5.74, 6) is 0.940. The molecule has 1 atom stereocenters. The molecule has 1 unspecified atom stereocenters. The van der Waals surface area contributed by atoms with Crippen molar-refractivity contribution in [2.24, 2.45) is 4.99 Å². The van der Waals surface area contributed by atoms with Gasteiger partial charge in [0, 0.05) is 18.8 Å². The lowest BCUT2D eigenvalue weighted by Gasteiger charge is -2.18. The maximum absolute atomic E-state index is 5.67. The molecule has 1 aliphatic heterocycles. The van der Waals surface area contributed by atoms with Gasteiger partial charge in [-0.25, -0.2) is 0 Å². The van der Waals surface area contributed by atoms with Crippen LogP contribution in [0.1, 0.15) is 20.8 Å². The fraction of sp³-hybridized carbons (Fsp3) is 0.625. The van der Waals surface area contributed by atoms with Gasteiger partial charge < -0.3 is 10.6 Å². The molecule has 3 nitrogen and oxygen atoms in total. The van der Waals surface area contributed by atoms with Crippen molar-refractivity contribution in [3.05, 3.63) is 11.4 Å². The standard InChI is InChI=1S/C6H10ClN3.C2H6/c1-4-3-9-6(7)10-5(4)8-2;1-2/h3,6,8,10H,1-2H3;1-2H3. The van der Waals surface area contributed by atoms with Gasteiger partial charge in [-0.1, -0.05) is 25.4 Å². The van der Waals surface area contributed by atoms with E-state index < -0.39 is 0 Å². The van der Waals surface area contributed by atoms with Gasteiger partial charge >= 0.3 is 0 Å². The third-order valence-corrected chi connectivity index (χ3v) is 1.53. The van der Waals surface area contributed by atoms with Crippen LogP contribution in [0.4, 0.5) is 0 Å². The smallest absolute Gasteiger partial charge is 0.196 e. The van der Waals surface area contributed by atoms with Gasteiger partial charge in [0.05, 0.1) is 0 Å². The van der Waals surface area contributed by atoms with Crippen molar-refractivity contribution in [1.29, 1.82) is 0 Å². The summed E-state index contributed by atoms with van der Waals surface area (Å²) >= 11 is 5.67. The maximum atomic E-state index is 5.67. The molecular weight excluding hydrogens is 174 g/mol. The zero-order valence-electron chi connectivity index (χ0n) is 7.98. The molecule has 0 fully saturated rings. The van der Waals surface area contributed by atoms with E-state index in [1.54, 1.807) is 6.21 Å². The minimum absolute atomic E-state index is 0.328. The molecule has 2 N–H and O–H groups in total. The minimum atomic E-state index is -0.328. The van der Waals surface area contributed by atoms with E-state index in [2.05, 4.69) is 15.6 Å². The highest BCUT2D eigenvalue weighted by atomic mass is 35.5.